The minimum Gasteiger partial charge on any atom is -0.207 e. The molecular formula is C10H10ClN3O2S2. The molecule has 1 N–H and O–H groups in total. The van der Waals surface area contributed by atoms with Gasteiger partial charge in [0.25, 0.3) is 0 Å². The van der Waals surface area contributed by atoms with Crippen LogP contribution in [0.3, 0.4) is 0 Å². The summed E-state index contributed by atoms with van der Waals surface area (Å²) in [5, 5.41) is 9.59. The maximum absolute atomic E-state index is 11.9. The van der Waals surface area contributed by atoms with Gasteiger partial charge in [-0.05, 0) is 31.2 Å². The summed E-state index contributed by atoms with van der Waals surface area (Å²) in [6.07, 6.45) is 0. The molecule has 0 radical (unpaired) electrons. The van der Waals surface area contributed by atoms with Gasteiger partial charge in [-0.25, -0.2) is 13.1 Å². The molecule has 0 saturated carbocycles. The first-order chi connectivity index (χ1) is 8.47. The van der Waals surface area contributed by atoms with E-state index in [1.54, 1.807) is 0 Å². The van der Waals surface area contributed by atoms with E-state index in [0.29, 0.717) is 10.0 Å². The summed E-state index contributed by atoms with van der Waals surface area (Å²) in [7, 11) is -3.54. The van der Waals surface area contributed by atoms with Crippen molar-refractivity contribution < 1.29 is 8.42 Å². The lowest BCUT2D eigenvalue weighted by Gasteiger charge is -2.04. The Hall–Kier alpha value is -1.02. The Morgan fingerprint density at radius 3 is 2.50 bits per heavy atom. The number of hydrogen-bond acceptors (Lipinski definition) is 5. The number of nitrogens with zero attached hydrogens (tertiary/aromatic N) is 2. The third-order valence-corrected chi connectivity index (χ3v) is 4.61. The standard InChI is InChI=1S/C10H10ClN3O2S2/c1-7-13-14-10(17-7)6-12-18(15,16)9-4-2-8(11)3-5-9/h2-5,12H,6H2,1H3. The lowest BCUT2D eigenvalue weighted by atomic mass is 10.4. The van der Waals surface area contributed by atoms with Crippen LogP contribution >= 0.6 is 22.9 Å². The molecule has 18 heavy (non-hydrogen) atoms. The first-order valence-electron chi connectivity index (χ1n) is 5.01. The molecule has 1 aromatic heterocycles. The summed E-state index contributed by atoms with van der Waals surface area (Å²) in [5.41, 5.74) is 0. The molecule has 0 aliphatic carbocycles. The molecule has 0 aliphatic heterocycles. The largest absolute Gasteiger partial charge is 0.240 e. The molecule has 0 spiro atoms. The lowest BCUT2D eigenvalue weighted by Crippen LogP contribution is -2.23. The molecule has 0 unspecified atom stereocenters. The number of sulfonamides is 1. The minimum atomic E-state index is -3.54. The minimum absolute atomic E-state index is 0.135. The molecule has 1 heterocycles. The van der Waals surface area contributed by atoms with Crippen LogP contribution in [-0.2, 0) is 16.6 Å². The van der Waals surface area contributed by atoms with Crippen LogP contribution < -0.4 is 4.72 Å². The molecule has 96 valence electrons. The third kappa shape index (κ3) is 3.26. The number of aromatic nitrogens is 2. The van der Waals surface area contributed by atoms with Crippen molar-refractivity contribution in [3.05, 3.63) is 39.3 Å². The molecule has 1 aromatic carbocycles. The zero-order chi connectivity index (χ0) is 13.2. The van der Waals surface area contributed by atoms with E-state index in [1.807, 2.05) is 6.92 Å². The number of aryl methyl sites for hydroxylation is 1. The van der Waals surface area contributed by atoms with Crippen LogP contribution in [0.4, 0.5) is 0 Å². The fraction of sp³-hybridized carbons (Fsp3) is 0.200. The highest BCUT2D eigenvalue weighted by molar-refractivity contribution is 7.89. The van der Waals surface area contributed by atoms with Crippen LogP contribution in [-0.4, -0.2) is 18.6 Å². The molecule has 0 atom stereocenters. The Morgan fingerprint density at radius 2 is 1.94 bits per heavy atom. The van der Waals surface area contributed by atoms with Gasteiger partial charge in [-0.1, -0.05) is 11.6 Å². The highest BCUT2D eigenvalue weighted by atomic mass is 35.5. The van der Waals surface area contributed by atoms with E-state index in [9.17, 15) is 8.42 Å². The fourth-order valence-electron chi connectivity index (χ4n) is 1.26. The first kappa shape index (κ1) is 13.4. The van der Waals surface area contributed by atoms with Crippen molar-refractivity contribution >= 4 is 33.0 Å². The quantitative estimate of drug-likeness (QED) is 0.937. The molecule has 0 aliphatic rings. The third-order valence-electron chi connectivity index (χ3n) is 2.11. The van der Waals surface area contributed by atoms with Gasteiger partial charge in [0.2, 0.25) is 10.0 Å². The zero-order valence-corrected chi connectivity index (χ0v) is 11.8. The van der Waals surface area contributed by atoms with Crippen molar-refractivity contribution in [1.82, 2.24) is 14.9 Å². The Balaban J connectivity index is 2.10. The maximum Gasteiger partial charge on any atom is 0.240 e. The predicted molar refractivity (Wildman–Crippen MR) is 70.1 cm³/mol. The topological polar surface area (TPSA) is 72.0 Å². The Labute approximate surface area is 114 Å². The fourth-order valence-corrected chi connectivity index (χ4v) is 3.12. The number of halogens is 1. The Kier molecular flexibility index (Phi) is 3.96. The Bertz CT molecular complexity index is 637. The molecule has 2 rings (SSSR count). The van der Waals surface area contributed by atoms with Crippen LogP contribution in [0, 0.1) is 6.92 Å². The monoisotopic (exact) mass is 303 g/mol. The highest BCUT2D eigenvalue weighted by Crippen LogP contribution is 2.15. The van der Waals surface area contributed by atoms with E-state index in [1.165, 1.54) is 35.6 Å². The molecule has 5 nitrogen and oxygen atoms in total. The van der Waals surface area contributed by atoms with E-state index < -0.39 is 10.0 Å². The normalized spacial score (nSPS) is 11.7. The highest BCUT2D eigenvalue weighted by Gasteiger charge is 2.14. The van der Waals surface area contributed by atoms with E-state index in [4.69, 9.17) is 11.6 Å². The van der Waals surface area contributed by atoms with E-state index in [2.05, 4.69) is 14.9 Å². The van der Waals surface area contributed by atoms with Gasteiger partial charge in [0, 0.05) is 5.02 Å². The summed E-state index contributed by atoms with van der Waals surface area (Å²) >= 11 is 7.06. The zero-order valence-electron chi connectivity index (χ0n) is 9.42. The van der Waals surface area contributed by atoms with Gasteiger partial charge in [-0.2, -0.15) is 0 Å². The van der Waals surface area contributed by atoms with Gasteiger partial charge in [0.05, 0.1) is 11.4 Å². The van der Waals surface area contributed by atoms with Gasteiger partial charge in [-0.15, -0.1) is 21.5 Å². The van der Waals surface area contributed by atoms with Crippen molar-refractivity contribution in [2.24, 2.45) is 0 Å². The summed E-state index contributed by atoms with van der Waals surface area (Å²) in [4.78, 5) is 0.174. The van der Waals surface area contributed by atoms with E-state index in [0.717, 1.165) is 5.01 Å². The number of nitrogens with one attached hydrogen (secondary N) is 1. The van der Waals surface area contributed by atoms with Crippen LogP contribution in [0.2, 0.25) is 5.02 Å². The molecule has 8 heteroatoms. The van der Waals surface area contributed by atoms with E-state index >= 15 is 0 Å². The molecular weight excluding hydrogens is 294 g/mol. The van der Waals surface area contributed by atoms with Gasteiger partial charge >= 0.3 is 0 Å². The number of hydrogen-bond donors (Lipinski definition) is 1. The summed E-state index contributed by atoms with van der Waals surface area (Å²) in [6.45, 7) is 1.95. The van der Waals surface area contributed by atoms with Gasteiger partial charge in [-0.3, -0.25) is 0 Å². The lowest BCUT2D eigenvalue weighted by molar-refractivity contribution is 0.581. The van der Waals surface area contributed by atoms with Crippen molar-refractivity contribution in [1.29, 1.82) is 0 Å². The first-order valence-corrected chi connectivity index (χ1v) is 7.69. The second-order valence-electron chi connectivity index (χ2n) is 3.49. The smallest absolute Gasteiger partial charge is 0.207 e. The van der Waals surface area contributed by atoms with Crippen molar-refractivity contribution in [3.8, 4) is 0 Å². The molecule has 0 saturated heterocycles. The predicted octanol–water partition coefficient (Wildman–Crippen LogP) is 1.98. The Morgan fingerprint density at radius 1 is 1.28 bits per heavy atom. The number of benzene rings is 1. The maximum atomic E-state index is 11.9. The summed E-state index contributed by atoms with van der Waals surface area (Å²) in [5.74, 6) is 0. The van der Waals surface area contributed by atoms with Gasteiger partial charge < -0.3 is 0 Å². The second kappa shape index (κ2) is 5.31. The van der Waals surface area contributed by atoms with Gasteiger partial charge in [0.1, 0.15) is 10.0 Å². The van der Waals surface area contributed by atoms with Crippen molar-refractivity contribution in [2.75, 3.05) is 0 Å². The molecule has 0 bridgehead atoms. The van der Waals surface area contributed by atoms with Crippen molar-refractivity contribution in [2.45, 2.75) is 18.4 Å². The van der Waals surface area contributed by atoms with Crippen LogP contribution in [0.25, 0.3) is 0 Å². The average Bonchev–Trinajstić information content (AvgIpc) is 2.73. The van der Waals surface area contributed by atoms with E-state index in [-0.39, 0.29) is 11.4 Å². The second-order valence-corrected chi connectivity index (χ2v) is 6.96. The SMILES string of the molecule is Cc1nnc(CNS(=O)(=O)c2ccc(Cl)cc2)s1. The summed E-state index contributed by atoms with van der Waals surface area (Å²) < 4.78 is 26.3. The number of rotatable bonds is 4. The molecule has 0 fully saturated rings. The van der Waals surface area contributed by atoms with Crippen LogP contribution in [0.15, 0.2) is 29.2 Å². The average molecular weight is 304 g/mol. The molecule has 2 aromatic rings. The molecule has 0 amide bonds. The van der Waals surface area contributed by atoms with Crippen LogP contribution in [0.5, 0.6) is 0 Å². The van der Waals surface area contributed by atoms with Gasteiger partial charge in [0.15, 0.2) is 0 Å². The van der Waals surface area contributed by atoms with Crippen LogP contribution in [0.1, 0.15) is 10.0 Å². The summed E-state index contributed by atoms with van der Waals surface area (Å²) in [6, 6.07) is 5.97. The van der Waals surface area contributed by atoms with Crippen molar-refractivity contribution in [3.63, 3.8) is 0 Å².